The molecule has 0 unspecified atom stereocenters. The van der Waals surface area contributed by atoms with Crippen molar-refractivity contribution in [2.45, 2.75) is 31.2 Å². The van der Waals surface area contributed by atoms with Crippen molar-refractivity contribution in [3.05, 3.63) is 60.4 Å². The van der Waals surface area contributed by atoms with Crippen LogP contribution < -0.4 is 4.90 Å². The van der Waals surface area contributed by atoms with Crippen molar-refractivity contribution in [3.8, 4) is 0 Å². The van der Waals surface area contributed by atoms with Gasteiger partial charge in [-0.3, -0.25) is 14.6 Å². The highest BCUT2D eigenvalue weighted by Crippen LogP contribution is 2.48. The number of amides is 2. The average Bonchev–Trinajstić information content (AvgIpc) is 3.49. The number of pyridine rings is 1. The molecule has 1 aromatic heterocycles. The van der Waals surface area contributed by atoms with E-state index in [4.69, 9.17) is 0 Å². The summed E-state index contributed by atoms with van der Waals surface area (Å²) in [4.78, 5) is 33.5. The number of para-hydroxylation sites is 1. The van der Waals surface area contributed by atoms with Gasteiger partial charge in [0.25, 0.3) is 0 Å². The van der Waals surface area contributed by atoms with Gasteiger partial charge in [0.1, 0.15) is 6.04 Å². The zero-order valence-electron chi connectivity index (χ0n) is 14.9. The van der Waals surface area contributed by atoms with Crippen molar-refractivity contribution < 1.29 is 9.59 Å². The Morgan fingerprint density at radius 2 is 2.00 bits per heavy atom. The highest BCUT2D eigenvalue weighted by atomic mass is 16.2. The number of nitrogens with zero attached hydrogens (tertiary/aromatic N) is 3. The molecule has 1 saturated carbocycles. The zero-order valence-corrected chi connectivity index (χ0v) is 14.9. The van der Waals surface area contributed by atoms with Crippen molar-refractivity contribution in [1.29, 1.82) is 0 Å². The van der Waals surface area contributed by atoms with E-state index in [-0.39, 0.29) is 29.7 Å². The Balaban J connectivity index is 1.45. The van der Waals surface area contributed by atoms with Crippen LogP contribution in [-0.2, 0) is 9.59 Å². The van der Waals surface area contributed by atoms with E-state index in [1.807, 2.05) is 53.6 Å². The highest BCUT2D eigenvalue weighted by molar-refractivity contribution is 6.00. The monoisotopic (exact) mass is 349 g/mol. The van der Waals surface area contributed by atoms with Crippen LogP contribution >= 0.6 is 0 Å². The summed E-state index contributed by atoms with van der Waals surface area (Å²) < 4.78 is 0. The number of carbonyl (C=O) groups excluding carboxylic acids is 2. The zero-order chi connectivity index (χ0) is 18.1. The molecule has 2 fully saturated rings. The normalized spacial score (nSPS) is 25.0. The van der Waals surface area contributed by atoms with Crippen LogP contribution in [0.25, 0.3) is 0 Å². The van der Waals surface area contributed by atoms with Crippen molar-refractivity contribution in [1.82, 2.24) is 9.88 Å². The summed E-state index contributed by atoms with van der Waals surface area (Å²) in [7, 11) is 1.78. The molecule has 26 heavy (non-hydrogen) atoms. The minimum Gasteiger partial charge on any atom is -0.333 e. The number of anilines is 1. The van der Waals surface area contributed by atoms with Crippen LogP contribution in [0.3, 0.4) is 0 Å². The van der Waals surface area contributed by atoms with Gasteiger partial charge in [0.05, 0.1) is 0 Å². The second-order valence-electron chi connectivity index (χ2n) is 7.17. The van der Waals surface area contributed by atoms with Crippen molar-refractivity contribution in [2.24, 2.45) is 5.92 Å². The quantitative estimate of drug-likeness (QED) is 0.853. The molecule has 0 bridgehead atoms. The van der Waals surface area contributed by atoms with Gasteiger partial charge >= 0.3 is 0 Å². The summed E-state index contributed by atoms with van der Waals surface area (Å²) in [6.07, 6.45) is 6.06. The third kappa shape index (κ3) is 3.09. The van der Waals surface area contributed by atoms with Crippen LogP contribution in [0.5, 0.6) is 0 Å². The summed E-state index contributed by atoms with van der Waals surface area (Å²) in [6, 6.07) is 13.3. The summed E-state index contributed by atoms with van der Waals surface area (Å²) in [5.41, 5.74) is 2.02. The number of likely N-dealkylation sites (N-methyl/N-ethyl adjacent to an activating group) is 1. The van der Waals surface area contributed by atoms with Gasteiger partial charge in [0.15, 0.2) is 0 Å². The predicted molar refractivity (Wildman–Crippen MR) is 99.7 cm³/mol. The second kappa shape index (κ2) is 6.90. The molecule has 3 atom stereocenters. The molecule has 2 heterocycles. The topological polar surface area (TPSA) is 53.5 Å². The summed E-state index contributed by atoms with van der Waals surface area (Å²) >= 11 is 0. The first kappa shape index (κ1) is 16.8. The number of benzene rings is 1. The number of carbonyl (C=O) groups is 2. The van der Waals surface area contributed by atoms with Gasteiger partial charge in [-0.2, -0.15) is 0 Å². The molecule has 0 N–H and O–H groups in total. The number of rotatable bonds is 4. The molecule has 2 amide bonds. The molecule has 5 nitrogen and oxygen atoms in total. The van der Waals surface area contributed by atoms with E-state index in [9.17, 15) is 9.59 Å². The lowest BCUT2D eigenvalue weighted by Gasteiger charge is -2.37. The molecule has 1 saturated heterocycles. The Kier molecular flexibility index (Phi) is 4.45. The minimum atomic E-state index is -0.369. The Bertz CT molecular complexity index is 793. The Morgan fingerprint density at radius 3 is 2.73 bits per heavy atom. The van der Waals surface area contributed by atoms with Crippen molar-refractivity contribution in [3.63, 3.8) is 0 Å². The van der Waals surface area contributed by atoms with E-state index < -0.39 is 0 Å². The van der Waals surface area contributed by atoms with E-state index in [2.05, 4.69) is 4.98 Å². The molecule has 1 aromatic carbocycles. The summed E-state index contributed by atoms with van der Waals surface area (Å²) in [5.74, 6) is 0.315. The van der Waals surface area contributed by atoms with Gasteiger partial charge in [-0.05, 0) is 48.9 Å². The van der Waals surface area contributed by atoms with Gasteiger partial charge in [-0.25, -0.2) is 0 Å². The lowest BCUT2D eigenvalue weighted by atomic mass is 10.0. The van der Waals surface area contributed by atoms with E-state index in [1.54, 1.807) is 18.1 Å². The number of hydrogen-bond donors (Lipinski definition) is 0. The van der Waals surface area contributed by atoms with Gasteiger partial charge in [0, 0.05) is 37.6 Å². The molecule has 1 aliphatic heterocycles. The fraction of sp³-hybridized carbons (Fsp3) is 0.381. The predicted octanol–water partition coefficient (Wildman–Crippen LogP) is 2.84. The Labute approximate surface area is 153 Å². The first-order valence-electron chi connectivity index (χ1n) is 9.20. The second-order valence-corrected chi connectivity index (χ2v) is 7.17. The van der Waals surface area contributed by atoms with Crippen molar-refractivity contribution >= 4 is 17.5 Å². The third-order valence-corrected chi connectivity index (χ3v) is 5.51. The maximum absolute atomic E-state index is 13.0. The Morgan fingerprint density at radius 1 is 1.19 bits per heavy atom. The van der Waals surface area contributed by atoms with Crippen LogP contribution in [-0.4, -0.2) is 41.3 Å². The third-order valence-electron chi connectivity index (χ3n) is 5.51. The van der Waals surface area contributed by atoms with Crippen LogP contribution in [0.15, 0.2) is 54.9 Å². The molecule has 134 valence electrons. The maximum Gasteiger partial charge on any atom is 0.249 e. The first-order chi connectivity index (χ1) is 12.7. The van der Waals surface area contributed by atoms with E-state index in [0.29, 0.717) is 6.54 Å². The van der Waals surface area contributed by atoms with Crippen LogP contribution in [0.2, 0.25) is 0 Å². The fourth-order valence-corrected chi connectivity index (χ4v) is 3.93. The SMILES string of the molecule is CN(C(=O)[C@@H]1C[C@@H]1c1cccnc1)[C@@H]1CCCN(c2ccccc2)C1=O. The first-order valence-corrected chi connectivity index (χ1v) is 9.20. The molecule has 2 aromatic rings. The van der Waals surface area contributed by atoms with Gasteiger partial charge < -0.3 is 9.80 Å². The molecule has 5 heteroatoms. The van der Waals surface area contributed by atoms with Crippen LogP contribution in [0, 0.1) is 5.92 Å². The van der Waals surface area contributed by atoms with Crippen molar-refractivity contribution in [2.75, 3.05) is 18.5 Å². The molecule has 2 aliphatic rings. The van der Waals surface area contributed by atoms with E-state index >= 15 is 0 Å². The summed E-state index contributed by atoms with van der Waals surface area (Å²) in [5, 5.41) is 0. The van der Waals surface area contributed by atoms with E-state index in [1.165, 1.54) is 0 Å². The standard InChI is InChI=1S/C21H23N3O2/c1-23(20(25)18-13-17(18)15-7-5-11-22-14-15)19-10-6-12-24(21(19)26)16-8-3-2-4-9-16/h2-5,7-9,11,14,17-19H,6,10,12-13H2,1H3/t17-,18-,19-/m1/s1. The number of aromatic nitrogens is 1. The lowest BCUT2D eigenvalue weighted by molar-refractivity contribution is -0.140. The summed E-state index contributed by atoms with van der Waals surface area (Å²) in [6.45, 7) is 0.711. The van der Waals surface area contributed by atoms with Crippen LogP contribution in [0.1, 0.15) is 30.7 Å². The molecular weight excluding hydrogens is 326 g/mol. The van der Waals surface area contributed by atoms with Gasteiger partial charge in [-0.15, -0.1) is 0 Å². The minimum absolute atomic E-state index is 0.0240. The van der Waals surface area contributed by atoms with Crippen LogP contribution in [0.4, 0.5) is 5.69 Å². The molecule has 1 aliphatic carbocycles. The molecule has 0 spiro atoms. The molecular formula is C21H23N3O2. The molecule has 0 radical (unpaired) electrons. The van der Waals surface area contributed by atoms with Gasteiger partial charge in [0.2, 0.25) is 11.8 Å². The Hall–Kier alpha value is -2.69. The highest BCUT2D eigenvalue weighted by Gasteiger charge is 2.47. The lowest BCUT2D eigenvalue weighted by Crippen LogP contribution is -2.53. The maximum atomic E-state index is 13.0. The fourth-order valence-electron chi connectivity index (χ4n) is 3.93. The largest absolute Gasteiger partial charge is 0.333 e. The van der Waals surface area contributed by atoms with E-state index in [0.717, 1.165) is 30.5 Å². The average molecular weight is 349 g/mol. The number of piperidine rings is 1. The van der Waals surface area contributed by atoms with Gasteiger partial charge in [-0.1, -0.05) is 24.3 Å². The molecule has 4 rings (SSSR count). The number of hydrogen-bond acceptors (Lipinski definition) is 3. The smallest absolute Gasteiger partial charge is 0.249 e.